The van der Waals surface area contributed by atoms with Crippen molar-refractivity contribution in [2.45, 2.75) is 11.9 Å². The zero-order chi connectivity index (χ0) is 9.42. The molecule has 0 bridgehead atoms. The van der Waals surface area contributed by atoms with Crippen LogP contribution in [0.2, 0.25) is 10.0 Å². The van der Waals surface area contributed by atoms with Crippen molar-refractivity contribution in [2.75, 3.05) is 5.75 Å². The first kappa shape index (κ1) is 9.66. The number of fused-ring (bicyclic) bond motifs is 1. The molecule has 0 fully saturated rings. The number of hydrogen-bond donors (Lipinski definition) is 1. The van der Waals surface area contributed by atoms with Crippen LogP contribution in [-0.4, -0.2) is 10.9 Å². The molecular formula is C9H8Cl2OS. The molecule has 1 aliphatic rings. The van der Waals surface area contributed by atoms with E-state index < -0.39 is 6.10 Å². The van der Waals surface area contributed by atoms with Gasteiger partial charge in [0.2, 0.25) is 0 Å². The molecule has 13 heavy (non-hydrogen) atoms. The van der Waals surface area contributed by atoms with Crippen molar-refractivity contribution >= 4 is 35.0 Å². The van der Waals surface area contributed by atoms with Gasteiger partial charge in [-0.15, -0.1) is 0 Å². The Kier molecular flexibility index (Phi) is 2.75. The second kappa shape index (κ2) is 3.70. The van der Waals surface area contributed by atoms with Crippen LogP contribution in [0.25, 0.3) is 0 Å². The molecule has 4 heteroatoms. The molecular weight excluding hydrogens is 227 g/mol. The summed E-state index contributed by atoms with van der Waals surface area (Å²) in [5.74, 6) is 1.54. The van der Waals surface area contributed by atoms with Gasteiger partial charge in [0, 0.05) is 27.1 Å². The average molecular weight is 235 g/mol. The molecule has 1 aliphatic heterocycles. The van der Waals surface area contributed by atoms with Gasteiger partial charge in [0.15, 0.2) is 0 Å². The molecule has 0 saturated heterocycles. The summed E-state index contributed by atoms with van der Waals surface area (Å²) in [5, 5.41) is 11.0. The maximum Gasteiger partial charge on any atom is 0.0898 e. The molecule has 1 heterocycles. The highest BCUT2D eigenvalue weighted by molar-refractivity contribution is 7.98. The fraction of sp³-hybridized carbons (Fsp3) is 0.333. The molecule has 1 unspecified atom stereocenters. The van der Waals surface area contributed by atoms with Crippen molar-refractivity contribution in [3.05, 3.63) is 33.3 Å². The zero-order valence-electron chi connectivity index (χ0n) is 6.76. The Hall–Kier alpha value is 0.110. The van der Waals surface area contributed by atoms with Crippen LogP contribution in [0.1, 0.15) is 17.2 Å². The SMILES string of the molecule is OC1CSCc2c(Cl)ccc(Cl)c21. The monoisotopic (exact) mass is 234 g/mol. The van der Waals surface area contributed by atoms with Gasteiger partial charge in [-0.2, -0.15) is 11.8 Å². The van der Waals surface area contributed by atoms with Gasteiger partial charge >= 0.3 is 0 Å². The second-order valence-corrected chi connectivity index (χ2v) is 4.80. The summed E-state index contributed by atoms with van der Waals surface area (Å²) in [5.41, 5.74) is 1.80. The van der Waals surface area contributed by atoms with Gasteiger partial charge in [0.25, 0.3) is 0 Å². The Bertz CT molecular complexity index is 341. The zero-order valence-corrected chi connectivity index (χ0v) is 9.09. The molecule has 0 amide bonds. The predicted molar refractivity (Wildman–Crippen MR) is 57.6 cm³/mol. The van der Waals surface area contributed by atoms with Crippen LogP contribution in [0.15, 0.2) is 12.1 Å². The summed E-state index contributed by atoms with van der Waals surface area (Å²) in [6.45, 7) is 0. The lowest BCUT2D eigenvalue weighted by Crippen LogP contribution is -2.11. The highest BCUT2D eigenvalue weighted by atomic mass is 35.5. The Morgan fingerprint density at radius 3 is 2.69 bits per heavy atom. The summed E-state index contributed by atoms with van der Waals surface area (Å²) in [6.07, 6.45) is -0.472. The highest BCUT2D eigenvalue weighted by Gasteiger charge is 2.22. The molecule has 1 nitrogen and oxygen atoms in total. The molecule has 70 valence electrons. The first-order valence-corrected chi connectivity index (χ1v) is 5.84. The minimum atomic E-state index is -0.472. The number of rotatable bonds is 0. The second-order valence-electron chi connectivity index (χ2n) is 2.95. The fourth-order valence-electron chi connectivity index (χ4n) is 1.47. The fourth-order valence-corrected chi connectivity index (χ4v) is 3.11. The molecule has 0 aromatic heterocycles. The normalized spacial score (nSPS) is 21.3. The standard InChI is InChI=1S/C9H8Cl2OS/c10-6-1-2-7(11)9-5(6)3-13-4-8(9)12/h1-2,8,12H,3-4H2. The van der Waals surface area contributed by atoms with E-state index >= 15 is 0 Å². The number of aliphatic hydroxyl groups excluding tert-OH is 1. The molecule has 2 rings (SSSR count). The molecule has 0 radical (unpaired) electrons. The third-order valence-electron chi connectivity index (χ3n) is 2.10. The lowest BCUT2D eigenvalue weighted by molar-refractivity contribution is 0.202. The third-order valence-corrected chi connectivity index (χ3v) is 3.83. The first-order chi connectivity index (χ1) is 6.20. The van der Waals surface area contributed by atoms with Gasteiger partial charge in [0.1, 0.15) is 0 Å². The smallest absolute Gasteiger partial charge is 0.0898 e. The van der Waals surface area contributed by atoms with Crippen LogP contribution in [0.3, 0.4) is 0 Å². The first-order valence-electron chi connectivity index (χ1n) is 3.92. The van der Waals surface area contributed by atoms with Crippen LogP contribution < -0.4 is 0 Å². The number of halogens is 2. The van der Waals surface area contributed by atoms with E-state index in [0.717, 1.165) is 16.9 Å². The Morgan fingerprint density at radius 1 is 1.31 bits per heavy atom. The third kappa shape index (κ3) is 1.68. The Labute approximate surface area is 91.0 Å². The minimum absolute atomic E-state index is 0.472. The van der Waals surface area contributed by atoms with E-state index in [0.29, 0.717) is 15.8 Å². The quantitative estimate of drug-likeness (QED) is 0.744. The molecule has 0 spiro atoms. The predicted octanol–water partition coefficient (Wildman–Crippen LogP) is 3.27. The molecule has 1 aromatic rings. The summed E-state index contributed by atoms with van der Waals surface area (Å²) in [6, 6.07) is 3.52. The van der Waals surface area contributed by atoms with E-state index in [1.165, 1.54) is 0 Å². The molecule has 1 aromatic carbocycles. The van der Waals surface area contributed by atoms with E-state index in [1.807, 2.05) is 0 Å². The van der Waals surface area contributed by atoms with Gasteiger partial charge in [-0.25, -0.2) is 0 Å². The van der Waals surface area contributed by atoms with E-state index in [4.69, 9.17) is 23.2 Å². The average Bonchev–Trinajstić information content (AvgIpc) is 2.12. The number of benzene rings is 1. The molecule has 0 saturated carbocycles. The van der Waals surface area contributed by atoms with Crippen LogP contribution in [0.5, 0.6) is 0 Å². The van der Waals surface area contributed by atoms with Crippen LogP contribution in [0, 0.1) is 0 Å². The van der Waals surface area contributed by atoms with Crippen molar-refractivity contribution in [1.82, 2.24) is 0 Å². The van der Waals surface area contributed by atoms with Gasteiger partial charge in [0.05, 0.1) is 6.10 Å². The lowest BCUT2D eigenvalue weighted by atomic mass is 10.0. The van der Waals surface area contributed by atoms with Gasteiger partial charge in [-0.1, -0.05) is 23.2 Å². The summed E-state index contributed by atoms with van der Waals surface area (Å²) in [4.78, 5) is 0. The van der Waals surface area contributed by atoms with E-state index in [-0.39, 0.29) is 0 Å². The van der Waals surface area contributed by atoms with Crippen LogP contribution in [-0.2, 0) is 5.75 Å². The Balaban J connectivity index is 2.60. The maximum atomic E-state index is 9.70. The summed E-state index contributed by atoms with van der Waals surface area (Å²) in [7, 11) is 0. The van der Waals surface area contributed by atoms with Crippen LogP contribution in [0.4, 0.5) is 0 Å². The largest absolute Gasteiger partial charge is 0.387 e. The van der Waals surface area contributed by atoms with Crippen molar-refractivity contribution in [2.24, 2.45) is 0 Å². The van der Waals surface area contributed by atoms with E-state index in [2.05, 4.69) is 0 Å². The molecule has 0 aliphatic carbocycles. The van der Waals surface area contributed by atoms with Gasteiger partial charge < -0.3 is 5.11 Å². The van der Waals surface area contributed by atoms with Crippen molar-refractivity contribution in [3.63, 3.8) is 0 Å². The number of hydrogen-bond acceptors (Lipinski definition) is 2. The van der Waals surface area contributed by atoms with Gasteiger partial charge in [-0.3, -0.25) is 0 Å². The van der Waals surface area contributed by atoms with Crippen LogP contribution >= 0.6 is 35.0 Å². The van der Waals surface area contributed by atoms with E-state index in [1.54, 1.807) is 23.9 Å². The highest BCUT2D eigenvalue weighted by Crippen LogP contribution is 2.39. The Morgan fingerprint density at radius 2 is 2.00 bits per heavy atom. The lowest BCUT2D eigenvalue weighted by Gasteiger charge is -2.22. The van der Waals surface area contributed by atoms with Crippen molar-refractivity contribution < 1.29 is 5.11 Å². The van der Waals surface area contributed by atoms with E-state index in [9.17, 15) is 5.11 Å². The maximum absolute atomic E-state index is 9.70. The van der Waals surface area contributed by atoms with Crippen molar-refractivity contribution in [3.8, 4) is 0 Å². The summed E-state index contributed by atoms with van der Waals surface area (Å²) < 4.78 is 0. The topological polar surface area (TPSA) is 20.2 Å². The molecule has 1 N–H and O–H groups in total. The number of aliphatic hydroxyl groups is 1. The minimum Gasteiger partial charge on any atom is -0.387 e. The number of thioether (sulfide) groups is 1. The summed E-state index contributed by atoms with van der Waals surface area (Å²) >= 11 is 13.7. The van der Waals surface area contributed by atoms with Gasteiger partial charge in [-0.05, 0) is 17.7 Å². The molecule has 1 atom stereocenters. The van der Waals surface area contributed by atoms with Crippen molar-refractivity contribution in [1.29, 1.82) is 0 Å².